The Hall–Kier alpha value is -4.82. The minimum atomic E-state index is -4.59. The van der Waals surface area contributed by atoms with Crippen molar-refractivity contribution in [3.05, 3.63) is 105 Å². The summed E-state index contributed by atoms with van der Waals surface area (Å²) in [7, 11) is 1.48. The summed E-state index contributed by atoms with van der Waals surface area (Å²) in [6.07, 6.45) is -4.59. The second-order valence-electron chi connectivity index (χ2n) is 8.79. The second kappa shape index (κ2) is 10.2. The highest BCUT2D eigenvalue weighted by molar-refractivity contribution is 5.91. The first-order chi connectivity index (χ1) is 18.7. The van der Waals surface area contributed by atoms with Crippen LogP contribution in [0.25, 0.3) is 27.9 Å². The highest BCUT2D eigenvalue weighted by atomic mass is 19.4. The molecule has 0 aliphatic rings. The number of hydrogen-bond acceptors (Lipinski definition) is 6. The maximum atomic E-state index is 14.3. The molecule has 0 atom stereocenters. The van der Waals surface area contributed by atoms with Gasteiger partial charge in [0, 0.05) is 18.4 Å². The number of rotatable bonds is 6. The van der Waals surface area contributed by atoms with Crippen molar-refractivity contribution >= 4 is 5.65 Å². The lowest BCUT2D eigenvalue weighted by Gasteiger charge is -2.18. The van der Waals surface area contributed by atoms with Crippen LogP contribution in [-0.4, -0.2) is 31.5 Å². The Balaban J connectivity index is 1.82. The van der Waals surface area contributed by atoms with Crippen LogP contribution in [0.5, 0.6) is 0 Å². The third-order valence-corrected chi connectivity index (χ3v) is 6.31. The summed E-state index contributed by atoms with van der Waals surface area (Å²) in [6.45, 7) is 1.41. The third-order valence-electron chi connectivity index (χ3n) is 6.31. The fraction of sp³-hybridized carbons (Fsp3) is 0.179. The van der Waals surface area contributed by atoms with Gasteiger partial charge in [0.2, 0.25) is 0 Å². The van der Waals surface area contributed by atoms with Gasteiger partial charge in [-0.1, -0.05) is 48.5 Å². The van der Waals surface area contributed by atoms with Gasteiger partial charge >= 0.3 is 6.18 Å². The lowest BCUT2D eigenvalue weighted by atomic mass is 9.96. The monoisotopic (exact) mass is 530 g/mol. The van der Waals surface area contributed by atoms with E-state index in [1.807, 2.05) is 6.07 Å². The molecule has 0 saturated heterocycles. The summed E-state index contributed by atoms with van der Waals surface area (Å²) in [5.74, 6) is 0.330. The number of fused-ring (bicyclic) bond motifs is 1. The number of ether oxygens (including phenoxy) is 1. The summed E-state index contributed by atoms with van der Waals surface area (Å²) in [4.78, 5) is 18.0. The first-order valence-electron chi connectivity index (χ1n) is 11.8. The Labute approximate surface area is 220 Å². The van der Waals surface area contributed by atoms with Crippen LogP contribution in [0, 0.1) is 18.3 Å². The van der Waals surface area contributed by atoms with Crippen LogP contribution >= 0.6 is 0 Å². The summed E-state index contributed by atoms with van der Waals surface area (Å²) in [5, 5.41) is 17.9. The zero-order valence-electron chi connectivity index (χ0n) is 20.9. The molecule has 0 spiro atoms. The number of nitriles is 1. The second-order valence-corrected chi connectivity index (χ2v) is 8.79. The van der Waals surface area contributed by atoms with Crippen LogP contribution in [-0.2, 0) is 24.1 Å². The maximum absolute atomic E-state index is 14.3. The molecule has 0 radical (unpaired) electrons. The molecule has 5 aromatic rings. The maximum Gasteiger partial charge on any atom is 0.433 e. The van der Waals surface area contributed by atoms with Gasteiger partial charge < -0.3 is 4.74 Å². The largest absolute Gasteiger partial charge is 0.433 e. The Morgan fingerprint density at radius 1 is 0.949 bits per heavy atom. The lowest BCUT2D eigenvalue weighted by Crippen LogP contribution is -2.30. The average molecular weight is 531 g/mol. The number of benzene rings is 2. The van der Waals surface area contributed by atoms with Crippen molar-refractivity contribution in [1.29, 1.82) is 5.26 Å². The van der Waals surface area contributed by atoms with E-state index in [2.05, 4.69) is 21.3 Å². The summed E-state index contributed by atoms with van der Waals surface area (Å²) in [5.41, 5.74) is 2.06. The Bertz CT molecular complexity index is 1770. The molecule has 0 bridgehead atoms. The molecule has 0 aliphatic heterocycles. The van der Waals surface area contributed by atoms with Gasteiger partial charge in [-0.25, -0.2) is 14.2 Å². The van der Waals surface area contributed by atoms with E-state index in [0.29, 0.717) is 44.9 Å². The van der Waals surface area contributed by atoms with E-state index >= 15 is 0 Å². The topological polar surface area (TPSA) is 98.1 Å². The number of methoxy groups -OCH3 is 1. The van der Waals surface area contributed by atoms with Crippen LogP contribution in [0.4, 0.5) is 13.2 Å². The number of hydrogen-bond donors (Lipinski definition) is 0. The molecule has 3 heterocycles. The Morgan fingerprint density at radius 3 is 2.26 bits per heavy atom. The Kier molecular flexibility index (Phi) is 6.72. The molecule has 0 amide bonds. The molecular weight excluding hydrogens is 509 g/mol. The quantitative estimate of drug-likeness (QED) is 0.306. The van der Waals surface area contributed by atoms with Crippen molar-refractivity contribution in [2.45, 2.75) is 26.3 Å². The van der Waals surface area contributed by atoms with Crippen molar-refractivity contribution < 1.29 is 17.9 Å². The van der Waals surface area contributed by atoms with Gasteiger partial charge in [-0.2, -0.15) is 18.4 Å². The van der Waals surface area contributed by atoms with Gasteiger partial charge in [0.15, 0.2) is 11.5 Å². The summed E-state index contributed by atoms with van der Waals surface area (Å²) < 4.78 is 47.9. The zero-order valence-corrected chi connectivity index (χ0v) is 20.9. The van der Waals surface area contributed by atoms with E-state index in [1.165, 1.54) is 29.3 Å². The molecule has 0 N–H and O–H groups in total. The molecular formula is C28H21F3N6O2. The van der Waals surface area contributed by atoms with Crippen molar-refractivity contribution in [3.8, 4) is 28.3 Å². The fourth-order valence-electron chi connectivity index (χ4n) is 4.46. The minimum absolute atomic E-state index is 0.0301. The van der Waals surface area contributed by atoms with E-state index in [4.69, 9.17) is 4.74 Å². The van der Waals surface area contributed by atoms with Crippen molar-refractivity contribution in [2.24, 2.45) is 0 Å². The number of pyridine rings is 1. The summed E-state index contributed by atoms with van der Waals surface area (Å²) >= 11 is 0. The van der Waals surface area contributed by atoms with Crippen LogP contribution in [0.2, 0.25) is 0 Å². The Morgan fingerprint density at radius 2 is 1.64 bits per heavy atom. The van der Waals surface area contributed by atoms with Gasteiger partial charge in [0.05, 0.1) is 23.7 Å². The zero-order chi connectivity index (χ0) is 27.7. The number of aromatic nitrogens is 5. The molecule has 2 aromatic carbocycles. The van der Waals surface area contributed by atoms with Gasteiger partial charge in [-0.05, 0) is 41.8 Å². The lowest BCUT2D eigenvalue weighted by molar-refractivity contribution is -0.141. The first kappa shape index (κ1) is 25.8. The molecule has 8 nitrogen and oxygen atoms in total. The number of nitrogens with zero attached hydrogens (tertiary/aromatic N) is 6. The molecule has 0 saturated carbocycles. The summed E-state index contributed by atoms with van der Waals surface area (Å²) in [6, 6.07) is 20.1. The SMILES string of the molecule is COCc1nnc2c(-c3ccc(C#N)cc3)c(-c3ccccc3)c(=O)n(Cc3ccc(C(F)(F)F)nc3C)n12. The van der Waals surface area contributed by atoms with E-state index < -0.39 is 17.4 Å². The van der Waals surface area contributed by atoms with Crippen molar-refractivity contribution in [3.63, 3.8) is 0 Å². The molecule has 196 valence electrons. The smallest absolute Gasteiger partial charge is 0.377 e. The molecule has 0 unspecified atom stereocenters. The van der Waals surface area contributed by atoms with Gasteiger partial charge in [0.25, 0.3) is 5.56 Å². The first-order valence-corrected chi connectivity index (χ1v) is 11.8. The van der Waals surface area contributed by atoms with Crippen molar-refractivity contribution in [2.75, 3.05) is 7.11 Å². The number of alkyl halides is 3. The molecule has 3 aromatic heterocycles. The highest BCUT2D eigenvalue weighted by Gasteiger charge is 2.33. The van der Waals surface area contributed by atoms with Crippen LogP contribution in [0.15, 0.2) is 71.5 Å². The van der Waals surface area contributed by atoms with E-state index in [1.54, 1.807) is 48.5 Å². The van der Waals surface area contributed by atoms with Gasteiger partial charge in [-0.3, -0.25) is 4.79 Å². The molecule has 39 heavy (non-hydrogen) atoms. The number of aryl methyl sites for hydroxylation is 1. The van der Waals surface area contributed by atoms with Crippen LogP contribution in [0.3, 0.4) is 0 Å². The molecule has 11 heteroatoms. The van der Waals surface area contributed by atoms with Crippen LogP contribution in [0.1, 0.15) is 28.3 Å². The van der Waals surface area contributed by atoms with Gasteiger partial charge in [0.1, 0.15) is 12.3 Å². The van der Waals surface area contributed by atoms with Gasteiger partial charge in [-0.15, -0.1) is 10.2 Å². The average Bonchev–Trinajstić information content (AvgIpc) is 3.34. The molecule has 0 aliphatic carbocycles. The van der Waals surface area contributed by atoms with E-state index in [0.717, 1.165) is 6.07 Å². The predicted octanol–water partition coefficient (Wildman–Crippen LogP) is 5.01. The third kappa shape index (κ3) is 4.78. The standard InChI is InChI=1S/C28H21F3N6O2/c1-17-21(12-13-22(33-17)28(29,30)31)15-36-27(38)25(19-6-4-3-5-7-19)24(20-10-8-18(14-32)9-11-20)26-35-34-23(16-39-2)37(26)36/h3-13H,15-16H2,1-2H3. The predicted molar refractivity (Wildman–Crippen MR) is 137 cm³/mol. The highest BCUT2D eigenvalue weighted by Crippen LogP contribution is 2.34. The molecule has 0 fully saturated rings. The fourth-order valence-corrected chi connectivity index (χ4v) is 4.46. The minimum Gasteiger partial charge on any atom is -0.377 e. The van der Waals surface area contributed by atoms with Crippen molar-refractivity contribution in [1.82, 2.24) is 24.4 Å². The number of halogens is 3. The van der Waals surface area contributed by atoms with E-state index in [9.17, 15) is 23.2 Å². The normalized spacial score (nSPS) is 11.6. The van der Waals surface area contributed by atoms with E-state index in [-0.39, 0.29) is 18.8 Å². The van der Waals surface area contributed by atoms with Crippen LogP contribution < -0.4 is 5.56 Å². The molecule has 5 rings (SSSR count).